The first kappa shape index (κ1) is 17.7. The van der Waals surface area contributed by atoms with E-state index >= 15 is 0 Å². The number of halogens is 1. The molecule has 0 atom stereocenters. The molecule has 2 rings (SSSR count). The molecule has 0 unspecified atom stereocenters. The molecule has 2 amide bonds. The first-order valence-corrected chi connectivity index (χ1v) is 7.87. The summed E-state index contributed by atoms with van der Waals surface area (Å²) in [5.41, 5.74) is 2.66. The summed E-state index contributed by atoms with van der Waals surface area (Å²) in [5, 5.41) is 2.74. The van der Waals surface area contributed by atoms with Crippen molar-refractivity contribution in [2.75, 3.05) is 11.4 Å². The van der Waals surface area contributed by atoms with Gasteiger partial charge in [-0.2, -0.15) is 0 Å². The van der Waals surface area contributed by atoms with Gasteiger partial charge in [-0.15, -0.1) is 0 Å². The zero-order chi connectivity index (χ0) is 17.5. The van der Waals surface area contributed by atoms with E-state index in [9.17, 15) is 14.0 Å². The van der Waals surface area contributed by atoms with Gasteiger partial charge in [-0.1, -0.05) is 31.2 Å². The van der Waals surface area contributed by atoms with Crippen LogP contribution < -0.4 is 10.2 Å². The van der Waals surface area contributed by atoms with Crippen molar-refractivity contribution in [1.29, 1.82) is 0 Å². The zero-order valence-electron chi connectivity index (χ0n) is 13.9. The molecule has 0 saturated heterocycles. The van der Waals surface area contributed by atoms with E-state index < -0.39 is 0 Å². The lowest BCUT2D eigenvalue weighted by molar-refractivity contribution is -0.123. The fraction of sp³-hybridized carbons (Fsp3) is 0.263. The quantitative estimate of drug-likeness (QED) is 0.886. The van der Waals surface area contributed by atoms with Gasteiger partial charge in [0.15, 0.2) is 0 Å². The molecule has 0 heterocycles. The summed E-state index contributed by atoms with van der Waals surface area (Å²) in [5.74, 6) is -0.784. The molecule has 0 fully saturated rings. The van der Waals surface area contributed by atoms with Gasteiger partial charge in [-0.25, -0.2) is 4.39 Å². The number of hydrogen-bond donors (Lipinski definition) is 1. The second-order valence-corrected chi connectivity index (χ2v) is 5.53. The summed E-state index contributed by atoms with van der Waals surface area (Å²) >= 11 is 0. The van der Waals surface area contributed by atoms with E-state index in [1.807, 2.05) is 24.3 Å². The highest BCUT2D eigenvalue weighted by Gasteiger charge is 2.15. The van der Waals surface area contributed by atoms with E-state index in [0.29, 0.717) is 12.2 Å². The SMILES string of the molecule is CCc1ccc(N(CC(=O)NCc2ccc(F)cc2)C(C)=O)cc1. The average molecular weight is 328 g/mol. The fourth-order valence-corrected chi connectivity index (χ4v) is 2.30. The third-order valence-electron chi connectivity index (χ3n) is 3.74. The van der Waals surface area contributed by atoms with Crippen molar-refractivity contribution < 1.29 is 14.0 Å². The maximum atomic E-state index is 12.9. The molecule has 4 nitrogen and oxygen atoms in total. The summed E-state index contributed by atoms with van der Waals surface area (Å²) in [6.45, 7) is 3.73. The maximum absolute atomic E-state index is 12.9. The topological polar surface area (TPSA) is 49.4 Å². The molecule has 0 aromatic heterocycles. The van der Waals surface area contributed by atoms with Crippen LogP contribution in [0.2, 0.25) is 0 Å². The Morgan fingerprint density at radius 2 is 1.58 bits per heavy atom. The Hall–Kier alpha value is -2.69. The lowest BCUT2D eigenvalue weighted by atomic mass is 10.1. The molecule has 0 spiro atoms. The number of nitrogens with zero attached hydrogens (tertiary/aromatic N) is 1. The highest BCUT2D eigenvalue weighted by Crippen LogP contribution is 2.16. The summed E-state index contributed by atoms with van der Waals surface area (Å²) in [6, 6.07) is 13.5. The molecule has 5 heteroatoms. The minimum atomic E-state index is -0.316. The highest BCUT2D eigenvalue weighted by atomic mass is 19.1. The molecule has 24 heavy (non-hydrogen) atoms. The van der Waals surface area contributed by atoms with Gasteiger partial charge in [0.25, 0.3) is 0 Å². The second kappa shape index (κ2) is 8.24. The van der Waals surface area contributed by atoms with E-state index in [1.54, 1.807) is 12.1 Å². The molecular weight excluding hydrogens is 307 g/mol. The molecule has 0 saturated carbocycles. The van der Waals surface area contributed by atoms with Gasteiger partial charge >= 0.3 is 0 Å². The van der Waals surface area contributed by atoms with Gasteiger partial charge in [0.05, 0.1) is 0 Å². The number of benzene rings is 2. The van der Waals surface area contributed by atoms with E-state index in [1.165, 1.54) is 29.5 Å². The van der Waals surface area contributed by atoms with Gasteiger partial charge in [0.1, 0.15) is 12.4 Å². The number of anilines is 1. The van der Waals surface area contributed by atoms with Crippen molar-refractivity contribution in [3.05, 3.63) is 65.5 Å². The summed E-state index contributed by atoms with van der Waals surface area (Å²) in [6.07, 6.45) is 0.915. The largest absolute Gasteiger partial charge is 0.350 e. The van der Waals surface area contributed by atoms with Crippen LogP contribution in [0.1, 0.15) is 25.0 Å². The van der Waals surface area contributed by atoms with E-state index in [-0.39, 0.29) is 24.2 Å². The van der Waals surface area contributed by atoms with E-state index in [2.05, 4.69) is 12.2 Å². The van der Waals surface area contributed by atoms with Crippen LogP contribution in [0, 0.1) is 5.82 Å². The summed E-state index contributed by atoms with van der Waals surface area (Å²) in [7, 11) is 0. The smallest absolute Gasteiger partial charge is 0.240 e. The van der Waals surface area contributed by atoms with Crippen molar-refractivity contribution in [3.63, 3.8) is 0 Å². The van der Waals surface area contributed by atoms with Gasteiger partial charge in [-0.05, 0) is 41.8 Å². The molecule has 126 valence electrons. The molecule has 0 aliphatic heterocycles. The van der Waals surface area contributed by atoms with Crippen LogP contribution >= 0.6 is 0 Å². The Bertz CT molecular complexity index is 696. The number of nitrogens with one attached hydrogen (secondary N) is 1. The molecule has 0 aliphatic carbocycles. The number of rotatable bonds is 6. The predicted molar refractivity (Wildman–Crippen MR) is 92.1 cm³/mol. The molecule has 1 N–H and O–H groups in total. The van der Waals surface area contributed by atoms with E-state index in [0.717, 1.165) is 12.0 Å². The van der Waals surface area contributed by atoms with Crippen LogP contribution in [0.5, 0.6) is 0 Å². The highest BCUT2D eigenvalue weighted by molar-refractivity contribution is 5.97. The number of hydrogen-bond acceptors (Lipinski definition) is 2. The normalized spacial score (nSPS) is 10.3. The van der Waals surface area contributed by atoms with Gasteiger partial charge < -0.3 is 10.2 Å². The van der Waals surface area contributed by atoms with Crippen molar-refractivity contribution in [3.8, 4) is 0 Å². The van der Waals surface area contributed by atoms with Crippen molar-refractivity contribution in [2.24, 2.45) is 0 Å². The minimum absolute atomic E-state index is 0.0536. The lowest BCUT2D eigenvalue weighted by Crippen LogP contribution is -2.39. The standard InChI is InChI=1S/C19H21FN2O2/c1-3-15-6-10-18(11-7-15)22(14(2)23)13-19(24)21-12-16-4-8-17(20)9-5-16/h4-11H,3,12-13H2,1-2H3,(H,21,24). The summed E-state index contributed by atoms with van der Waals surface area (Å²) in [4.78, 5) is 25.4. The Kier molecular flexibility index (Phi) is 6.07. The first-order valence-electron chi connectivity index (χ1n) is 7.87. The van der Waals surface area contributed by atoms with Gasteiger partial charge in [0.2, 0.25) is 11.8 Å². The van der Waals surface area contributed by atoms with E-state index in [4.69, 9.17) is 0 Å². The fourth-order valence-electron chi connectivity index (χ4n) is 2.30. The Morgan fingerprint density at radius 1 is 1.00 bits per heavy atom. The Labute approximate surface area is 141 Å². The Morgan fingerprint density at radius 3 is 2.12 bits per heavy atom. The number of aryl methyl sites for hydroxylation is 1. The van der Waals surface area contributed by atoms with Crippen LogP contribution in [-0.2, 0) is 22.6 Å². The molecular formula is C19H21FN2O2. The number of carbonyl (C=O) groups excluding carboxylic acids is 2. The van der Waals surface area contributed by atoms with Crippen LogP contribution in [0.15, 0.2) is 48.5 Å². The second-order valence-electron chi connectivity index (χ2n) is 5.53. The van der Waals surface area contributed by atoms with Crippen molar-refractivity contribution in [2.45, 2.75) is 26.8 Å². The van der Waals surface area contributed by atoms with Crippen molar-refractivity contribution >= 4 is 17.5 Å². The molecule has 0 radical (unpaired) electrons. The van der Waals surface area contributed by atoms with Crippen LogP contribution in [0.3, 0.4) is 0 Å². The Balaban J connectivity index is 1.97. The lowest BCUT2D eigenvalue weighted by Gasteiger charge is -2.21. The van der Waals surface area contributed by atoms with Crippen LogP contribution in [0.4, 0.5) is 10.1 Å². The van der Waals surface area contributed by atoms with Crippen LogP contribution in [0.25, 0.3) is 0 Å². The first-order chi connectivity index (χ1) is 11.5. The average Bonchev–Trinajstić information content (AvgIpc) is 2.59. The molecule has 2 aromatic carbocycles. The molecule has 2 aromatic rings. The summed E-state index contributed by atoms with van der Waals surface area (Å²) < 4.78 is 12.9. The van der Waals surface area contributed by atoms with Gasteiger partial charge in [0, 0.05) is 19.2 Å². The maximum Gasteiger partial charge on any atom is 0.240 e. The molecule has 0 bridgehead atoms. The zero-order valence-corrected chi connectivity index (χ0v) is 13.9. The third kappa shape index (κ3) is 4.91. The number of amides is 2. The monoisotopic (exact) mass is 328 g/mol. The number of carbonyl (C=O) groups is 2. The van der Waals surface area contributed by atoms with Crippen LogP contribution in [-0.4, -0.2) is 18.4 Å². The predicted octanol–water partition coefficient (Wildman–Crippen LogP) is 3.06. The van der Waals surface area contributed by atoms with Crippen molar-refractivity contribution in [1.82, 2.24) is 5.32 Å². The molecule has 0 aliphatic rings. The minimum Gasteiger partial charge on any atom is -0.350 e. The third-order valence-corrected chi connectivity index (χ3v) is 3.74. The van der Waals surface area contributed by atoms with Gasteiger partial charge in [-0.3, -0.25) is 9.59 Å².